The number of halogens is 1. The van der Waals surface area contributed by atoms with Crippen molar-refractivity contribution in [2.45, 2.75) is 27.2 Å². The predicted octanol–water partition coefficient (Wildman–Crippen LogP) is 4.42. The first kappa shape index (κ1) is 14.1. The second kappa shape index (κ2) is 6.20. The lowest BCUT2D eigenvalue weighted by Gasteiger charge is -2.12. The van der Waals surface area contributed by atoms with E-state index < -0.39 is 0 Å². The van der Waals surface area contributed by atoms with Crippen molar-refractivity contribution in [1.29, 1.82) is 0 Å². The van der Waals surface area contributed by atoms with E-state index in [0.29, 0.717) is 0 Å². The zero-order valence-electron chi connectivity index (χ0n) is 11.6. The van der Waals surface area contributed by atoms with Crippen LogP contribution < -0.4 is 5.32 Å². The Bertz CT molecular complexity index is 562. The van der Waals surface area contributed by atoms with Gasteiger partial charge in [0, 0.05) is 17.2 Å². The summed E-state index contributed by atoms with van der Waals surface area (Å²) in [5, 5.41) is 3.35. The smallest absolute Gasteiger partial charge is 0.125 e. The summed E-state index contributed by atoms with van der Waals surface area (Å²) in [5.41, 5.74) is 5.58. The Kier molecular flexibility index (Phi) is 4.59. The normalized spacial score (nSPS) is 10.5. The summed E-state index contributed by atoms with van der Waals surface area (Å²) in [7, 11) is 0. The lowest BCUT2D eigenvalue weighted by Crippen LogP contribution is -2.07. The molecule has 1 aromatic heterocycles. The molecule has 1 N–H and O–H groups in total. The fraction of sp³-hybridized carbons (Fsp3) is 0.312. The van der Waals surface area contributed by atoms with Crippen LogP contribution in [0, 0.1) is 20.8 Å². The highest BCUT2D eigenvalue weighted by Gasteiger charge is 2.03. The van der Waals surface area contributed by atoms with Gasteiger partial charge in [0.2, 0.25) is 0 Å². The average Bonchev–Trinajstić information content (AvgIpc) is 2.41. The van der Waals surface area contributed by atoms with Crippen molar-refractivity contribution < 1.29 is 0 Å². The van der Waals surface area contributed by atoms with Crippen LogP contribution in [-0.4, -0.2) is 11.5 Å². The lowest BCUT2D eigenvalue weighted by molar-refractivity contribution is 0.985. The first-order chi connectivity index (χ1) is 9.08. The molecule has 0 aliphatic heterocycles. The predicted molar refractivity (Wildman–Crippen MR) is 84.8 cm³/mol. The fourth-order valence-electron chi connectivity index (χ4n) is 2.09. The number of rotatable bonds is 4. The highest BCUT2D eigenvalue weighted by atomic mass is 79.9. The zero-order valence-corrected chi connectivity index (χ0v) is 13.2. The summed E-state index contributed by atoms with van der Waals surface area (Å²) in [5.74, 6) is 0.921. The van der Waals surface area contributed by atoms with Gasteiger partial charge in [-0.05, 0) is 77.5 Å². The number of hydrogen-bond acceptors (Lipinski definition) is 2. The molecule has 1 aromatic carbocycles. The molecule has 0 radical (unpaired) electrons. The van der Waals surface area contributed by atoms with Gasteiger partial charge in [0.15, 0.2) is 0 Å². The Morgan fingerprint density at radius 3 is 2.53 bits per heavy atom. The zero-order chi connectivity index (χ0) is 13.8. The van der Waals surface area contributed by atoms with Gasteiger partial charge in [0.05, 0.1) is 0 Å². The fourth-order valence-corrected chi connectivity index (χ4v) is 2.32. The summed E-state index contributed by atoms with van der Waals surface area (Å²) in [6, 6.07) is 8.41. The first-order valence-electron chi connectivity index (χ1n) is 6.49. The van der Waals surface area contributed by atoms with Gasteiger partial charge in [-0.2, -0.15) is 0 Å². The van der Waals surface area contributed by atoms with Crippen molar-refractivity contribution in [3.8, 4) is 0 Å². The van der Waals surface area contributed by atoms with Gasteiger partial charge in [-0.25, -0.2) is 4.98 Å². The van der Waals surface area contributed by atoms with Crippen molar-refractivity contribution >= 4 is 21.7 Å². The van der Waals surface area contributed by atoms with Gasteiger partial charge in [-0.15, -0.1) is 0 Å². The Morgan fingerprint density at radius 1 is 1.05 bits per heavy atom. The molecule has 2 nitrogen and oxygen atoms in total. The second-order valence-corrected chi connectivity index (χ2v) is 5.75. The molecule has 2 rings (SSSR count). The van der Waals surface area contributed by atoms with E-state index in [0.717, 1.165) is 23.3 Å². The molecule has 0 atom stereocenters. The van der Waals surface area contributed by atoms with Crippen molar-refractivity contribution in [1.82, 2.24) is 4.98 Å². The molecule has 0 amide bonds. The molecule has 0 spiro atoms. The lowest BCUT2D eigenvalue weighted by atomic mass is 9.97. The maximum absolute atomic E-state index is 4.31. The number of hydrogen-bond donors (Lipinski definition) is 1. The Morgan fingerprint density at radius 2 is 1.84 bits per heavy atom. The number of aromatic nitrogens is 1. The Hall–Kier alpha value is -1.35. The number of nitrogens with zero attached hydrogens (tertiary/aromatic N) is 1. The summed E-state index contributed by atoms with van der Waals surface area (Å²) in [6.07, 6.45) is 2.83. The third-order valence-electron chi connectivity index (χ3n) is 3.60. The van der Waals surface area contributed by atoms with Crippen LogP contribution in [0.1, 0.15) is 22.3 Å². The monoisotopic (exact) mass is 318 g/mol. The molecule has 0 aliphatic rings. The van der Waals surface area contributed by atoms with E-state index >= 15 is 0 Å². The molecule has 0 bridgehead atoms. The largest absolute Gasteiger partial charge is 0.370 e. The van der Waals surface area contributed by atoms with Crippen LogP contribution in [0.25, 0.3) is 0 Å². The highest BCUT2D eigenvalue weighted by molar-refractivity contribution is 9.10. The summed E-state index contributed by atoms with van der Waals surface area (Å²) in [4.78, 5) is 4.31. The third kappa shape index (κ3) is 3.57. The maximum atomic E-state index is 4.31. The maximum Gasteiger partial charge on any atom is 0.125 e. The molecule has 0 aliphatic carbocycles. The van der Waals surface area contributed by atoms with E-state index in [-0.39, 0.29) is 0 Å². The molecule has 0 unspecified atom stereocenters. The summed E-state index contributed by atoms with van der Waals surface area (Å²) >= 11 is 3.38. The van der Waals surface area contributed by atoms with Gasteiger partial charge >= 0.3 is 0 Å². The van der Waals surface area contributed by atoms with Crippen LogP contribution in [0.15, 0.2) is 34.9 Å². The van der Waals surface area contributed by atoms with E-state index in [1.807, 2.05) is 18.3 Å². The molecule has 0 fully saturated rings. The van der Waals surface area contributed by atoms with Crippen molar-refractivity contribution in [3.63, 3.8) is 0 Å². The molecule has 1 heterocycles. The molecule has 19 heavy (non-hydrogen) atoms. The van der Waals surface area contributed by atoms with Crippen molar-refractivity contribution in [3.05, 3.63) is 57.2 Å². The number of pyridine rings is 1. The van der Waals surface area contributed by atoms with E-state index in [9.17, 15) is 0 Å². The van der Waals surface area contributed by atoms with Crippen LogP contribution in [0.2, 0.25) is 0 Å². The van der Waals surface area contributed by atoms with Crippen LogP contribution in [0.5, 0.6) is 0 Å². The number of aryl methyl sites for hydroxylation is 1. The van der Waals surface area contributed by atoms with Gasteiger partial charge in [-0.1, -0.05) is 12.1 Å². The van der Waals surface area contributed by atoms with Crippen LogP contribution >= 0.6 is 15.9 Å². The van der Waals surface area contributed by atoms with E-state index in [4.69, 9.17) is 0 Å². The van der Waals surface area contributed by atoms with Gasteiger partial charge < -0.3 is 5.32 Å². The molecule has 0 saturated carbocycles. The molecule has 0 saturated heterocycles. The second-order valence-electron chi connectivity index (χ2n) is 4.83. The van der Waals surface area contributed by atoms with E-state index in [1.165, 1.54) is 22.3 Å². The van der Waals surface area contributed by atoms with Gasteiger partial charge in [0.25, 0.3) is 0 Å². The quantitative estimate of drug-likeness (QED) is 0.902. The summed E-state index contributed by atoms with van der Waals surface area (Å²) in [6.45, 7) is 7.46. The van der Waals surface area contributed by atoms with E-state index in [1.54, 1.807) is 0 Å². The SMILES string of the molecule is Cc1ccc(CCNc2ccc(Br)cn2)c(C)c1C. The standard InChI is InChI=1S/C16H19BrN2/c1-11-4-5-14(13(3)12(11)2)8-9-18-16-7-6-15(17)10-19-16/h4-7,10H,8-9H2,1-3H3,(H,18,19). The van der Waals surface area contributed by atoms with Crippen LogP contribution in [0.3, 0.4) is 0 Å². The number of benzene rings is 1. The summed E-state index contributed by atoms with van der Waals surface area (Å²) < 4.78 is 1.00. The Labute approximate surface area is 123 Å². The Balaban J connectivity index is 1.96. The van der Waals surface area contributed by atoms with Gasteiger partial charge in [0.1, 0.15) is 5.82 Å². The molecular formula is C16H19BrN2. The first-order valence-corrected chi connectivity index (χ1v) is 7.28. The van der Waals surface area contributed by atoms with Crippen molar-refractivity contribution in [2.24, 2.45) is 0 Å². The minimum absolute atomic E-state index is 0.901. The van der Waals surface area contributed by atoms with Crippen LogP contribution in [-0.2, 0) is 6.42 Å². The minimum atomic E-state index is 0.901. The highest BCUT2D eigenvalue weighted by Crippen LogP contribution is 2.17. The van der Waals surface area contributed by atoms with Crippen LogP contribution in [0.4, 0.5) is 5.82 Å². The number of nitrogens with one attached hydrogen (secondary N) is 1. The third-order valence-corrected chi connectivity index (χ3v) is 4.07. The van der Waals surface area contributed by atoms with Crippen molar-refractivity contribution in [2.75, 3.05) is 11.9 Å². The van der Waals surface area contributed by atoms with E-state index in [2.05, 4.69) is 59.1 Å². The molecule has 3 heteroatoms. The minimum Gasteiger partial charge on any atom is -0.370 e. The molecule has 2 aromatic rings. The van der Waals surface area contributed by atoms with Gasteiger partial charge in [-0.3, -0.25) is 0 Å². The molecule has 100 valence electrons. The topological polar surface area (TPSA) is 24.9 Å². The average molecular weight is 319 g/mol. The molecular weight excluding hydrogens is 300 g/mol. The number of anilines is 1.